The summed E-state index contributed by atoms with van der Waals surface area (Å²) in [5.41, 5.74) is 1.45. The van der Waals surface area contributed by atoms with Gasteiger partial charge in [0, 0.05) is 6.92 Å². The van der Waals surface area contributed by atoms with Crippen LogP contribution in [0.4, 0.5) is 0 Å². The van der Waals surface area contributed by atoms with E-state index < -0.39 is 0 Å². The average Bonchev–Trinajstić information content (AvgIpc) is 2.48. The molecule has 5 nitrogen and oxygen atoms in total. The minimum absolute atomic E-state index is 0.0208. The van der Waals surface area contributed by atoms with E-state index in [0.29, 0.717) is 5.92 Å². The molecule has 1 aliphatic carbocycles. The predicted octanol–water partition coefficient (Wildman–Crippen LogP) is 2.86. The first-order valence-corrected chi connectivity index (χ1v) is 8.04. The molecule has 0 aromatic rings. The third-order valence-corrected chi connectivity index (χ3v) is 4.04. The maximum atomic E-state index is 11.4. The lowest BCUT2D eigenvalue weighted by Crippen LogP contribution is -2.50. The molecule has 1 amide bonds. The molecular weight excluding hydrogens is 282 g/mol. The van der Waals surface area contributed by atoms with E-state index >= 15 is 0 Å². The smallest absolute Gasteiger partial charge is 0.369 e. The quantitative estimate of drug-likeness (QED) is 0.766. The van der Waals surface area contributed by atoms with Crippen LogP contribution in [0.3, 0.4) is 0 Å². The second-order valence-corrected chi connectivity index (χ2v) is 5.71. The Morgan fingerprint density at radius 1 is 1.36 bits per heavy atom. The first kappa shape index (κ1) is 20.6. The lowest BCUT2D eigenvalue weighted by Gasteiger charge is -2.37. The van der Waals surface area contributed by atoms with Crippen molar-refractivity contribution in [3.05, 3.63) is 11.6 Å². The van der Waals surface area contributed by atoms with E-state index in [-0.39, 0.29) is 30.3 Å². The number of rotatable bonds is 6. The number of allylic oxidation sites excluding steroid dienone is 1. The highest BCUT2D eigenvalue weighted by atomic mass is 16.5. The van der Waals surface area contributed by atoms with Crippen LogP contribution in [0.5, 0.6) is 0 Å². The van der Waals surface area contributed by atoms with Crippen molar-refractivity contribution in [1.82, 2.24) is 5.32 Å². The molecule has 0 radical (unpaired) electrons. The topological polar surface area (TPSA) is 72.5 Å². The van der Waals surface area contributed by atoms with E-state index in [1.54, 1.807) is 6.92 Å². The van der Waals surface area contributed by atoms with Crippen LogP contribution in [-0.4, -0.2) is 30.3 Å². The maximum Gasteiger partial charge on any atom is 0.373 e. The van der Waals surface area contributed by atoms with Crippen molar-refractivity contribution in [2.75, 3.05) is 0 Å². The predicted molar refractivity (Wildman–Crippen MR) is 84.0 cm³/mol. The third kappa shape index (κ3) is 7.01. The van der Waals surface area contributed by atoms with E-state index in [2.05, 4.69) is 39.1 Å². The summed E-state index contributed by atoms with van der Waals surface area (Å²) >= 11 is 0. The van der Waals surface area contributed by atoms with Crippen LogP contribution in [-0.2, 0) is 19.1 Å². The van der Waals surface area contributed by atoms with E-state index in [4.69, 9.17) is 14.3 Å². The van der Waals surface area contributed by atoms with Crippen molar-refractivity contribution in [3.8, 4) is 0 Å². The highest BCUT2D eigenvalue weighted by molar-refractivity contribution is 5.73. The van der Waals surface area contributed by atoms with E-state index in [0.717, 1.165) is 25.7 Å². The van der Waals surface area contributed by atoms with Gasteiger partial charge in [0.1, 0.15) is 0 Å². The molecule has 0 spiro atoms. The summed E-state index contributed by atoms with van der Waals surface area (Å²) in [6.45, 7) is 10.3. The van der Waals surface area contributed by atoms with Crippen LogP contribution in [0, 0.1) is 5.92 Å². The SMILES string of the molecule is CCC1=C[C@@H](OC(CC)CC)[C@H](NC(C)=O)[C@@H](C)C1.O=C=O. The van der Waals surface area contributed by atoms with E-state index in [1.807, 2.05) is 0 Å². The standard InChI is InChI=1S/C16H29NO2.CO2/c1-6-13-9-11(4)16(17-12(5)18)15(10-13)19-14(7-2)8-3;2-1-3/h10-11,14-16H,6-9H2,1-5H3,(H,17,18);/t11-,15+,16+;/m0./s1. The Kier molecular flexibility index (Phi) is 10.4. The number of carbonyl (C=O) groups excluding carboxylic acids is 3. The van der Waals surface area contributed by atoms with E-state index in [1.165, 1.54) is 5.57 Å². The summed E-state index contributed by atoms with van der Waals surface area (Å²) in [5.74, 6) is 0.464. The molecule has 1 aliphatic rings. The maximum absolute atomic E-state index is 11.4. The molecule has 0 bridgehead atoms. The van der Waals surface area contributed by atoms with Crippen LogP contribution in [0.2, 0.25) is 0 Å². The van der Waals surface area contributed by atoms with Crippen LogP contribution >= 0.6 is 0 Å². The second kappa shape index (κ2) is 11.2. The minimum atomic E-state index is 0.0208. The zero-order valence-corrected chi connectivity index (χ0v) is 14.3. The van der Waals surface area contributed by atoms with Gasteiger partial charge in [-0.3, -0.25) is 4.79 Å². The van der Waals surface area contributed by atoms with Crippen LogP contribution in [0.1, 0.15) is 60.3 Å². The first-order chi connectivity index (χ1) is 10.4. The Hall–Kier alpha value is -1.45. The number of carbonyl (C=O) groups is 1. The summed E-state index contributed by atoms with van der Waals surface area (Å²) in [7, 11) is 0. The Labute approximate surface area is 133 Å². The van der Waals surface area contributed by atoms with Crippen molar-refractivity contribution >= 4 is 12.1 Å². The van der Waals surface area contributed by atoms with Crippen molar-refractivity contribution in [2.24, 2.45) is 5.92 Å². The van der Waals surface area contributed by atoms with Gasteiger partial charge in [0.2, 0.25) is 5.91 Å². The molecular formula is C17H29NO4. The van der Waals surface area contributed by atoms with Crippen molar-refractivity contribution in [3.63, 3.8) is 0 Å². The Morgan fingerprint density at radius 3 is 2.32 bits per heavy atom. The Morgan fingerprint density at radius 2 is 1.91 bits per heavy atom. The number of hydrogen-bond acceptors (Lipinski definition) is 4. The normalized spacial score (nSPS) is 23.9. The lowest BCUT2D eigenvalue weighted by molar-refractivity contribution is -0.191. The van der Waals surface area contributed by atoms with Gasteiger partial charge in [-0.05, 0) is 31.6 Å². The summed E-state index contributed by atoms with van der Waals surface area (Å²) < 4.78 is 6.21. The van der Waals surface area contributed by atoms with Crippen molar-refractivity contribution < 1.29 is 19.1 Å². The molecule has 3 atom stereocenters. The molecule has 126 valence electrons. The fourth-order valence-corrected chi connectivity index (χ4v) is 2.82. The van der Waals surface area contributed by atoms with Crippen LogP contribution < -0.4 is 5.32 Å². The minimum Gasteiger partial charge on any atom is -0.369 e. The summed E-state index contributed by atoms with van der Waals surface area (Å²) in [5, 5.41) is 3.07. The molecule has 0 saturated heterocycles. The molecule has 1 N–H and O–H groups in total. The van der Waals surface area contributed by atoms with Gasteiger partial charge >= 0.3 is 6.15 Å². The van der Waals surface area contributed by atoms with Gasteiger partial charge in [0.25, 0.3) is 0 Å². The highest BCUT2D eigenvalue weighted by Gasteiger charge is 2.32. The van der Waals surface area contributed by atoms with E-state index in [9.17, 15) is 4.79 Å². The molecule has 0 heterocycles. The lowest BCUT2D eigenvalue weighted by atomic mass is 9.83. The molecule has 1 rings (SSSR count). The number of ether oxygens (including phenoxy) is 1. The highest BCUT2D eigenvalue weighted by Crippen LogP contribution is 2.29. The van der Waals surface area contributed by atoms with Crippen molar-refractivity contribution in [2.45, 2.75) is 78.6 Å². The van der Waals surface area contributed by atoms with Gasteiger partial charge < -0.3 is 10.1 Å². The van der Waals surface area contributed by atoms with Gasteiger partial charge in [0.15, 0.2) is 0 Å². The number of amides is 1. The average molecular weight is 311 g/mol. The number of nitrogens with one attached hydrogen (secondary N) is 1. The fraction of sp³-hybridized carbons (Fsp3) is 0.765. The summed E-state index contributed by atoms with van der Waals surface area (Å²) in [4.78, 5) is 27.6. The molecule has 0 saturated carbocycles. The monoisotopic (exact) mass is 311 g/mol. The number of hydrogen-bond donors (Lipinski definition) is 1. The van der Waals surface area contributed by atoms with Crippen LogP contribution in [0.15, 0.2) is 11.6 Å². The molecule has 5 heteroatoms. The zero-order chi connectivity index (χ0) is 17.1. The molecule has 0 aromatic heterocycles. The van der Waals surface area contributed by atoms with Gasteiger partial charge in [0.05, 0.1) is 18.2 Å². The first-order valence-electron chi connectivity index (χ1n) is 8.04. The Balaban J connectivity index is 0.00000135. The van der Waals surface area contributed by atoms with Gasteiger partial charge in [-0.15, -0.1) is 0 Å². The Bertz CT molecular complexity index is 395. The van der Waals surface area contributed by atoms with Gasteiger partial charge in [-0.25, -0.2) is 0 Å². The fourth-order valence-electron chi connectivity index (χ4n) is 2.82. The van der Waals surface area contributed by atoms with Crippen molar-refractivity contribution in [1.29, 1.82) is 0 Å². The molecule has 0 unspecified atom stereocenters. The third-order valence-electron chi connectivity index (χ3n) is 4.04. The molecule has 0 fully saturated rings. The molecule has 22 heavy (non-hydrogen) atoms. The second-order valence-electron chi connectivity index (χ2n) is 5.71. The van der Waals surface area contributed by atoms with Gasteiger partial charge in [-0.2, -0.15) is 9.59 Å². The summed E-state index contributed by atoms with van der Waals surface area (Å²) in [6.07, 6.45) is 6.95. The molecule has 0 aliphatic heterocycles. The summed E-state index contributed by atoms with van der Waals surface area (Å²) in [6, 6.07) is 0.105. The van der Waals surface area contributed by atoms with Crippen LogP contribution in [0.25, 0.3) is 0 Å². The largest absolute Gasteiger partial charge is 0.373 e. The molecule has 0 aromatic carbocycles. The zero-order valence-electron chi connectivity index (χ0n) is 14.3. The van der Waals surface area contributed by atoms with Gasteiger partial charge in [-0.1, -0.05) is 39.3 Å².